The van der Waals surface area contributed by atoms with Crippen LogP contribution in [0.5, 0.6) is 0 Å². The molecule has 2 nitrogen and oxygen atoms in total. The van der Waals surface area contributed by atoms with E-state index in [9.17, 15) is 8.78 Å². The molecule has 0 aliphatic heterocycles. The smallest absolute Gasteiger partial charge is 0.131 e. The van der Waals surface area contributed by atoms with E-state index in [1.54, 1.807) is 0 Å². The van der Waals surface area contributed by atoms with Crippen LogP contribution in [0.1, 0.15) is 17.0 Å². The van der Waals surface area contributed by atoms with Crippen LogP contribution >= 0.6 is 0 Å². The second-order valence-corrected chi connectivity index (χ2v) is 4.17. The summed E-state index contributed by atoms with van der Waals surface area (Å²) in [6.07, 6.45) is 0. The van der Waals surface area contributed by atoms with Gasteiger partial charge in [0.05, 0.1) is 11.4 Å². The Kier molecular flexibility index (Phi) is 3.55. The Hall–Kier alpha value is -1.97. The fourth-order valence-electron chi connectivity index (χ4n) is 1.73. The molecular weight excluding hydrogens is 234 g/mol. The standard InChI is InChI=1S/C14H14F2N2/c1-9-3-6-14(10(2)18-9)17-8-11-4-5-12(15)7-13(11)16/h3-7,17H,8H2,1-2H3. The third-order valence-corrected chi connectivity index (χ3v) is 2.71. The molecule has 2 rings (SSSR count). The molecule has 0 saturated carbocycles. The number of nitrogens with one attached hydrogen (secondary N) is 1. The number of aromatic nitrogens is 1. The van der Waals surface area contributed by atoms with Crippen LogP contribution in [0.4, 0.5) is 14.5 Å². The van der Waals surface area contributed by atoms with E-state index in [1.165, 1.54) is 12.1 Å². The first-order valence-electron chi connectivity index (χ1n) is 5.68. The van der Waals surface area contributed by atoms with Gasteiger partial charge in [-0.3, -0.25) is 4.98 Å². The molecule has 94 valence electrons. The van der Waals surface area contributed by atoms with Crippen LogP contribution < -0.4 is 5.32 Å². The first kappa shape index (κ1) is 12.5. The van der Waals surface area contributed by atoms with Gasteiger partial charge < -0.3 is 5.32 Å². The van der Waals surface area contributed by atoms with Gasteiger partial charge in [-0.15, -0.1) is 0 Å². The summed E-state index contributed by atoms with van der Waals surface area (Å²) in [7, 11) is 0. The van der Waals surface area contributed by atoms with Crippen LogP contribution in [0.25, 0.3) is 0 Å². The third kappa shape index (κ3) is 2.83. The molecule has 4 heteroatoms. The number of pyridine rings is 1. The Bertz CT molecular complexity index is 516. The highest BCUT2D eigenvalue weighted by Crippen LogP contribution is 2.16. The number of anilines is 1. The first-order valence-corrected chi connectivity index (χ1v) is 5.68. The monoisotopic (exact) mass is 248 g/mol. The molecule has 0 atom stereocenters. The third-order valence-electron chi connectivity index (χ3n) is 2.71. The lowest BCUT2D eigenvalue weighted by Crippen LogP contribution is -2.04. The van der Waals surface area contributed by atoms with Crippen molar-refractivity contribution in [3.63, 3.8) is 0 Å². The molecule has 2 aromatic rings. The maximum Gasteiger partial charge on any atom is 0.131 e. The number of rotatable bonds is 3. The van der Waals surface area contributed by atoms with Gasteiger partial charge in [-0.2, -0.15) is 0 Å². The molecule has 0 amide bonds. The summed E-state index contributed by atoms with van der Waals surface area (Å²) in [6, 6.07) is 7.36. The van der Waals surface area contributed by atoms with E-state index in [0.717, 1.165) is 23.1 Å². The predicted octanol–water partition coefficient (Wildman–Crippen LogP) is 3.59. The van der Waals surface area contributed by atoms with Crippen molar-refractivity contribution in [2.45, 2.75) is 20.4 Å². The van der Waals surface area contributed by atoms with Crippen molar-refractivity contribution >= 4 is 5.69 Å². The average molecular weight is 248 g/mol. The van der Waals surface area contributed by atoms with E-state index >= 15 is 0 Å². The molecule has 0 radical (unpaired) electrons. The van der Waals surface area contributed by atoms with E-state index in [0.29, 0.717) is 12.1 Å². The number of halogens is 2. The molecule has 1 heterocycles. The molecular formula is C14H14F2N2. The minimum atomic E-state index is -0.565. The zero-order valence-corrected chi connectivity index (χ0v) is 10.3. The van der Waals surface area contributed by atoms with Crippen molar-refractivity contribution < 1.29 is 8.78 Å². The van der Waals surface area contributed by atoms with Gasteiger partial charge >= 0.3 is 0 Å². The van der Waals surface area contributed by atoms with Crippen molar-refractivity contribution in [3.05, 3.63) is 58.9 Å². The van der Waals surface area contributed by atoms with Crippen molar-refractivity contribution in [1.29, 1.82) is 0 Å². The van der Waals surface area contributed by atoms with Gasteiger partial charge in [0, 0.05) is 23.9 Å². The second-order valence-electron chi connectivity index (χ2n) is 4.17. The maximum atomic E-state index is 13.4. The maximum absolute atomic E-state index is 13.4. The van der Waals surface area contributed by atoms with Gasteiger partial charge in [-0.1, -0.05) is 6.07 Å². The van der Waals surface area contributed by atoms with Crippen LogP contribution in [-0.4, -0.2) is 4.98 Å². The summed E-state index contributed by atoms with van der Waals surface area (Å²) in [5.74, 6) is -1.11. The number of aryl methyl sites for hydroxylation is 2. The molecule has 1 aromatic carbocycles. The normalized spacial score (nSPS) is 10.4. The molecule has 0 unspecified atom stereocenters. The summed E-state index contributed by atoms with van der Waals surface area (Å²) in [6.45, 7) is 4.10. The molecule has 18 heavy (non-hydrogen) atoms. The topological polar surface area (TPSA) is 24.9 Å². The molecule has 1 N–H and O–H groups in total. The molecule has 0 spiro atoms. The first-order chi connectivity index (χ1) is 8.56. The van der Waals surface area contributed by atoms with Crippen LogP contribution in [-0.2, 0) is 6.54 Å². The number of nitrogens with zero attached hydrogens (tertiary/aromatic N) is 1. The van der Waals surface area contributed by atoms with Crippen LogP contribution in [0, 0.1) is 25.5 Å². The van der Waals surface area contributed by atoms with E-state index in [1.807, 2.05) is 26.0 Å². The Balaban J connectivity index is 2.11. The minimum absolute atomic E-state index is 0.303. The number of hydrogen-bond acceptors (Lipinski definition) is 2. The fraction of sp³-hybridized carbons (Fsp3) is 0.214. The molecule has 0 bridgehead atoms. The fourth-order valence-corrected chi connectivity index (χ4v) is 1.73. The van der Waals surface area contributed by atoms with E-state index in [-0.39, 0.29) is 0 Å². The van der Waals surface area contributed by atoms with Crippen molar-refractivity contribution in [2.75, 3.05) is 5.32 Å². The summed E-state index contributed by atoms with van der Waals surface area (Å²) < 4.78 is 26.2. The quantitative estimate of drug-likeness (QED) is 0.897. The molecule has 0 aliphatic carbocycles. The van der Waals surface area contributed by atoms with Gasteiger partial charge in [0.15, 0.2) is 0 Å². The average Bonchev–Trinajstić information content (AvgIpc) is 2.30. The van der Waals surface area contributed by atoms with Crippen LogP contribution in [0.2, 0.25) is 0 Å². The van der Waals surface area contributed by atoms with Crippen molar-refractivity contribution in [2.24, 2.45) is 0 Å². The lowest BCUT2D eigenvalue weighted by Gasteiger charge is -2.10. The lowest BCUT2D eigenvalue weighted by atomic mass is 10.2. The van der Waals surface area contributed by atoms with Gasteiger partial charge in [-0.05, 0) is 32.0 Å². The number of hydrogen-bond donors (Lipinski definition) is 1. The lowest BCUT2D eigenvalue weighted by molar-refractivity contribution is 0.574. The summed E-state index contributed by atoms with van der Waals surface area (Å²) in [4.78, 5) is 4.31. The summed E-state index contributed by atoms with van der Waals surface area (Å²) in [5, 5.41) is 3.09. The summed E-state index contributed by atoms with van der Waals surface area (Å²) >= 11 is 0. The molecule has 0 aliphatic rings. The van der Waals surface area contributed by atoms with Gasteiger partial charge in [-0.25, -0.2) is 8.78 Å². The van der Waals surface area contributed by atoms with Crippen LogP contribution in [0.3, 0.4) is 0 Å². The number of benzene rings is 1. The largest absolute Gasteiger partial charge is 0.379 e. The highest BCUT2D eigenvalue weighted by molar-refractivity contribution is 5.48. The SMILES string of the molecule is Cc1ccc(NCc2ccc(F)cc2F)c(C)n1. The van der Waals surface area contributed by atoms with E-state index < -0.39 is 11.6 Å². The van der Waals surface area contributed by atoms with Gasteiger partial charge in [0.25, 0.3) is 0 Å². The molecule has 1 aromatic heterocycles. The Morgan fingerprint density at radius 2 is 1.89 bits per heavy atom. The summed E-state index contributed by atoms with van der Waals surface area (Å²) in [5.41, 5.74) is 3.07. The van der Waals surface area contributed by atoms with Crippen molar-refractivity contribution in [1.82, 2.24) is 4.98 Å². The Morgan fingerprint density at radius 3 is 2.56 bits per heavy atom. The molecule has 0 saturated heterocycles. The molecule has 0 fully saturated rings. The minimum Gasteiger partial charge on any atom is -0.379 e. The highest BCUT2D eigenvalue weighted by Gasteiger charge is 2.05. The van der Waals surface area contributed by atoms with Crippen molar-refractivity contribution in [3.8, 4) is 0 Å². The van der Waals surface area contributed by atoms with Gasteiger partial charge in [0.1, 0.15) is 11.6 Å². The van der Waals surface area contributed by atoms with E-state index in [2.05, 4.69) is 10.3 Å². The van der Waals surface area contributed by atoms with E-state index in [4.69, 9.17) is 0 Å². The van der Waals surface area contributed by atoms with Crippen LogP contribution in [0.15, 0.2) is 30.3 Å². The highest BCUT2D eigenvalue weighted by atomic mass is 19.1. The van der Waals surface area contributed by atoms with Gasteiger partial charge in [0.2, 0.25) is 0 Å². The Morgan fingerprint density at radius 1 is 1.11 bits per heavy atom. The Labute approximate surface area is 105 Å². The zero-order valence-electron chi connectivity index (χ0n) is 10.3. The zero-order chi connectivity index (χ0) is 13.1. The second kappa shape index (κ2) is 5.12. The predicted molar refractivity (Wildman–Crippen MR) is 67.4 cm³/mol.